The van der Waals surface area contributed by atoms with E-state index in [1.165, 1.54) is 6.07 Å². The fraction of sp³-hybridized carbons (Fsp3) is 0.316. The van der Waals surface area contributed by atoms with Crippen LogP contribution in [0.3, 0.4) is 0 Å². The van der Waals surface area contributed by atoms with Crippen LogP contribution in [0.4, 0.5) is 5.69 Å². The van der Waals surface area contributed by atoms with Crippen LogP contribution in [-0.4, -0.2) is 16.7 Å². The Morgan fingerprint density at radius 3 is 2.64 bits per heavy atom. The van der Waals surface area contributed by atoms with Gasteiger partial charge in [0.15, 0.2) is 5.78 Å². The molecule has 1 aromatic heterocycles. The number of aromatic nitrogens is 1. The molecule has 2 aromatic rings. The number of rotatable bonds is 2. The van der Waals surface area contributed by atoms with Crippen LogP contribution in [0.15, 0.2) is 29.1 Å². The summed E-state index contributed by atoms with van der Waals surface area (Å²) in [6.45, 7) is 5.79. The highest BCUT2D eigenvalue weighted by Crippen LogP contribution is 2.33. The summed E-state index contributed by atoms with van der Waals surface area (Å²) in [7, 11) is 0. The van der Waals surface area contributed by atoms with Crippen LogP contribution in [0.5, 0.6) is 0 Å². The lowest BCUT2D eigenvalue weighted by molar-refractivity contribution is 0.0910. The van der Waals surface area contributed by atoms with Gasteiger partial charge in [0.05, 0.1) is 0 Å². The number of aromatic amines is 1. The van der Waals surface area contributed by atoms with Gasteiger partial charge in [-0.15, -0.1) is 0 Å². The summed E-state index contributed by atoms with van der Waals surface area (Å²) in [5.41, 5.74) is 1.60. The molecule has 1 heterocycles. The molecule has 5 nitrogen and oxygen atoms in total. The Balaban J connectivity index is 1.97. The first-order chi connectivity index (χ1) is 11.7. The summed E-state index contributed by atoms with van der Waals surface area (Å²) in [6.07, 6.45) is 0.985. The molecule has 0 saturated carbocycles. The van der Waals surface area contributed by atoms with E-state index >= 15 is 0 Å². The van der Waals surface area contributed by atoms with E-state index in [-0.39, 0.29) is 16.8 Å². The predicted octanol–water partition coefficient (Wildman–Crippen LogP) is 3.74. The molecule has 0 fully saturated rings. The van der Waals surface area contributed by atoms with E-state index in [1.54, 1.807) is 18.2 Å². The Kier molecular flexibility index (Phi) is 4.29. The summed E-state index contributed by atoms with van der Waals surface area (Å²) in [4.78, 5) is 40.0. The lowest BCUT2D eigenvalue weighted by atomic mass is 9.75. The number of Topliss-reactive ketones (excluding diaryl/α,β-unsaturated/α-hetero) is 1. The first-order valence-corrected chi connectivity index (χ1v) is 8.41. The lowest BCUT2D eigenvalue weighted by Gasteiger charge is -2.29. The number of benzene rings is 1. The lowest BCUT2D eigenvalue weighted by Crippen LogP contribution is -2.32. The minimum absolute atomic E-state index is 0.0597. The Morgan fingerprint density at radius 1 is 1.20 bits per heavy atom. The Hall–Kier alpha value is -2.40. The quantitative estimate of drug-likeness (QED) is 0.858. The van der Waals surface area contributed by atoms with Gasteiger partial charge >= 0.3 is 0 Å². The molecule has 25 heavy (non-hydrogen) atoms. The normalized spacial score (nSPS) is 15.6. The second-order valence-electron chi connectivity index (χ2n) is 7.26. The van der Waals surface area contributed by atoms with Gasteiger partial charge in [-0.1, -0.05) is 31.5 Å². The van der Waals surface area contributed by atoms with Crippen molar-refractivity contribution < 1.29 is 9.59 Å². The minimum Gasteiger partial charge on any atom is -0.325 e. The maximum Gasteiger partial charge on any atom is 0.261 e. The van der Waals surface area contributed by atoms with E-state index in [0.717, 1.165) is 5.56 Å². The number of fused-ring (bicyclic) bond motifs is 1. The molecule has 0 aliphatic heterocycles. The molecule has 0 spiro atoms. The molecule has 0 bridgehead atoms. The second-order valence-corrected chi connectivity index (χ2v) is 7.70. The third kappa shape index (κ3) is 3.51. The van der Waals surface area contributed by atoms with Crippen molar-refractivity contribution in [2.75, 3.05) is 5.32 Å². The third-order valence-corrected chi connectivity index (χ3v) is 4.65. The number of carbonyl (C=O) groups excluding carboxylic acids is 2. The Morgan fingerprint density at radius 2 is 1.92 bits per heavy atom. The van der Waals surface area contributed by atoms with Crippen LogP contribution >= 0.6 is 11.6 Å². The molecular formula is C19H19ClN2O3. The number of H-pyrrole nitrogens is 1. The van der Waals surface area contributed by atoms with Gasteiger partial charge in [-0.3, -0.25) is 14.4 Å². The molecule has 130 valence electrons. The molecule has 1 aromatic carbocycles. The molecule has 0 atom stereocenters. The topological polar surface area (TPSA) is 79.0 Å². The van der Waals surface area contributed by atoms with E-state index < -0.39 is 11.5 Å². The molecule has 0 radical (unpaired) electrons. The number of amides is 1. The number of ketones is 1. The second kappa shape index (κ2) is 6.15. The van der Waals surface area contributed by atoms with Crippen molar-refractivity contribution in [3.8, 4) is 0 Å². The van der Waals surface area contributed by atoms with Crippen LogP contribution in [0, 0.1) is 12.3 Å². The number of aryl methyl sites for hydroxylation is 1. The van der Waals surface area contributed by atoms with Crippen LogP contribution < -0.4 is 10.9 Å². The van der Waals surface area contributed by atoms with Gasteiger partial charge in [0.25, 0.3) is 11.5 Å². The zero-order chi connectivity index (χ0) is 18.4. The molecule has 1 amide bonds. The number of nitrogens with one attached hydrogen (secondary N) is 2. The van der Waals surface area contributed by atoms with E-state index in [1.807, 2.05) is 20.8 Å². The monoisotopic (exact) mass is 358 g/mol. The highest BCUT2D eigenvalue weighted by atomic mass is 35.5. The standard InChI is InChI=1S/C19H19ClN2O3/c1-10-4-5-11(20)6-14(10)21-17(24)13-7-12-15(22-18(13)25)8-19(2,3)9-16(12)23/h4-7H,8-9H2,1-3H3,(H,21,24)(H,22,25). The molecule has 0 saturated heterocycles. The number of carbonyl (C=O) groups is 2. The largest absolute Gasteiger partial charge is 0.325 e. The fourth-order valence-electron chi connectivity index (χ4n) is 3.12. The summed E-state index contributed by atoms with van der Waals surface area (Å²) < 4.78 is 0. The highest BCUT2D eigenvalue weighted by molar-refractivity contribution is 6.31. The molecule has 2 N–H and O–H groups in total. The maximum absolute atomic E-state index is 12.5. The van der Waals surface area contributed by atoms with Crippen molar-refractivity contribution in [1.29, 1.82) is 0 Å². The molecule has 1 aliphatic rings. The van der Waals surface area contributed by atoms with Crippen LogP contribution in [0.1, 0.15) is 52.2 Å². The Labute approximate surface area is 150 Å². The predicted molar refractivity (Wildman–Crippen MR) is 97.6 cm³/mol. The average molecular weight is 359 g/mol. The number of hydrogen-bond donors (Lipinski definition) is 2. The average Bonchev–Trinajstić information content (AvgIpc) is 2.49. The van der Waals surface area contributed by atoms with E-state index in [0.29, 0.717) is 34.8 Å². The highest BCUT2D eigenvalue weighted by Gasteiger charge is 2.32. The minimum atomic E-state index is -0.563. The zero-order valence-electron chi connectivity index (χ0n) is 14.3. The Bertz CT molecular complexity index is 944. The van der Waals surface area contributed by atoms with Crippen LogP contribution in [0.25, 0.3) is 0 Å². The van der Waals surface area contributed by atoms with Gasteiger partial charge in [-0.2, -0.15) is 0 Å². The van der Waals surface area contributed by atoms with Gasteiger partial charge in [-0.05, 0) is 42.5 Å². The van der Waals surface area contributed by atoms with Crippen molar-refractivity contribution in [1.82, 2.24) is 4.98 Å². The van der Waals surface area contributed by atoms with Gasteiger partial charge in [-0.25, -0.2) is 0 Å². The van der Waals surface area contributed by atoms with Gasteiger partial charge in [0.2, 0.25) is 0 Å². The van der Waals surface area contributed by atoms with Crippen molar-refractivity contribution in [3.05, 3.63) is 62.0 Å². The number of anilines is 1. The van der Waals surface area contributed by atoms with Crippen LogP contribution in [-0.2, 0) is 6.42 Å². The third-order valence-electron chi connectivity index (χ3n) is 4.41. The van der Waals surface area contributed by atoms with Gasteiger partial charge < -0.3 is 10.3 Å². The molecule has 3 rings (SSSR count). The SMILES string of the molecule is Cc1ccc(Cl)cc1NC(=O)c1cc2c([nH]c1=O)CC(C)(C)CC2=O. The first-order valence-electron chi connectivity index (χ1n) is 8.03. The van der Waals surface area contributed by atoms with Crippen LogP contribution in [0.2, 0.25) is 5.02 Å². The molecule has 0 unspecified atom stereocenters. The van der Waals surface area contributed by atoms with Crippen molar-refractivity contribution in [2.45, 2.75) is 33.6 Å². The van der Waals surface area contributed by atoms with Gasteiger partial charge in [0, 0.05) is 28.4 Å². The number of halogens is 1. The van der Waals surface area contributed by atoms with Crippen molar-refractivity contribution >= 4 is 29.0 Å². The first kappa shape index (κ1) is 17.4. The summed E-state index contributed by atoms with van der Waals surface area (Å²) in [5.74, 6) is -0.623. The van der Waals surface area contributed by atoms with E-state index in [4.69, 9.17) is 11.6 Å². The van der Waals surface area contributed by atoms with Crippen molar-refractivity contribution in [2.24, 2.45) is 5.41 Å². The summed E-state index contributed by atoms with van der Waals surface area (Å²) >= 11 is 5.95. The fourth-order valence-corrected chi connectivity index (χ4v) is 3.29. The number of hydrogen-bond acceptors (Lipinski definition) is 3. The van der Waals surface area contributed by atoms with E-state index in [9.17, 15) is 14.4 Å². The summed E-state index contributed by atoms with van der Waals surface area (Å²) in [6, 6.07) is 6.52. The van der Waals surface area contributed by atoms with Crippen molar-refractivity contribution in [3.63, 3.8) is 0 Å². The molecular weight excluding hydrogens is 340 g/mol. The zero-order valence-corrected chi connectivity index (χ0v) is 15.1. The smallest absolute Gasteiger partial charge is 0.261 e. The molecule has 1 aliphatic carbocycles. The van der Waals surface area contributed by atoms with Gasteiger partial charge in [0.1, 0.15) is 5.56 Å². The summed E-state index contributed by atoms with van der Waals surface area (Å²) in [5, 5.41) is 3.18. The van der Waals surface area contributed by atoms with E-state index in [2.05, 4.69) is 10.3 Å². The number of pyridine rings is 1. The maximum atomic E-state index is 12.5. The molecule has 6 heteroatoms.